The number of pyridine rings is 1. The second-order valence-electron chi connectivity index (χ2n) is 4.54. The van der Waals surface area contributed by atoms with Gasteiger partial charge in [-0.05, 0) is 30.7 Å². The maximum Gasteiger partial charge on any atom is 0.163 e. The summed E-state index contributed by atoms with van der Waals surface area (Å²) in [4.78, 5) is 4.36. The number of aromatic nitrogens is 1. The molecule has 0 unspecified atom stereocenters. The third-order valence-electron chi connectivity index (χ3n) is 2.99. The fraction of sp³-hybridized carbons (Fsp3) is 0.267. The van der Waals surface area contributed by atoms with Crippen molar-refractivity contribution < 1.29 is 9.47 Å². The Morgan fingerprint density at radius 3 is 2.74 bits per heavy atom. The van der Waals surface area contributed by atoms with Crippen molar-refractivity contribution >= 4 is 5.69 Å². The maximum atomic E-state index is 5.55. The van der Waals surface area contributed by atoms with Crippen LogP contribution in [0.1, 0.15) is 11.3 Å². The number of rotatable bonds is 3. The lowest BCUT2D eigenvalue weighted by Gasteiger charge is -2.19. The molecule has 1 N–H and O–H groups in total. The van der Waals surface area contributed by atoms with E-state index in [9.17, 15) is 0 Å². The van der Waals surface area contributed by atoms with Crippen LogP contribution in [0, 0.1) is 6.92 Å². The summed E-state index contributed by atoms with van der Waals surface area (Å²) in [6.07, 6.45) is 1.88. The van der Waals surface area contributed by atoms with E-state index in [1.807, 2.05) is 37.4 Å². The van der Waals surface area contributed by atoms with Gasteiger partial charge >= 0.3 is 0 Å². The summed E-state index contributed by atoms with van der Waals surface area (Å²) in [5.41, 5.74) is 3.19. The van der Waals surface area contributed by atoms with Crippen LogP contribution in [0.5, 0.6) is 11.5 Å². The number of ether oxygens (including phenoxy) is 2. The highest BCUT2D eigenvalue weighted by atomic mass is 16.6. The monoisotopic (exact) mass is 256 g/mol. The van der Waals surface area contributed by atoms with Gasteiger partial charge in [-0.2, -0.15) is 0 Å². The van der Waals surface area contributed by atoms with Gasteiger partial charge in [0.15, 0.2) is 11.5 Å². The van der Waals surface area contributed by atoms with Crippen molar-refractivity contribution in [3.8, 4) is 11.5 Å². The van der Waals surface area contributed by atoms with Gasteiger partial charge in [0.25, 0.3) is 0 Å². The Morgan fingerprint density at radius 2 is 1.95 bits per heavy atom. The zero-order valence-corrected chi connectivity index (χ0v) is 10.8. The number of anilines is 1. The van der Waals surface area contributed by atoms with Gasteiger partial charge in [-0.3, -0.25) is 4.98 Å². The lowest BCUT2D eigenvalue weighted by molar-refractivity contribution is 0.171. The largest absolute Gasteiger partial charge is 0.486 e. The van der Waals surface area contributed by atoms with Gasteiger partial charge in [0.1, 0.15) is 13.2 Å². The molecule has 2 aromatic rings. The number of nitrogens with one attached hydrogen (secondary N) is 1. The molecule has 3 rings (SSSR count). The normalized spacial score (nSPS) is 13.1. The molecular weight excluding hydrogens is 240 g/mol. The minimum atomic E-state index is 0.607. The predicted molar refractivity (Wildman–Crippen MR) is 73.7 cm³/mol. The molecule has 1 aliphatic rings. The van der Waals surface area contributed by atoms with Crippen molar-refractivity contribution in [2.45, 2.75) is 13.5 Å². The summed E-state index contributed by atoms with van der Waals surface area (Å²) in [5.74, 6) is 1.61. The number of hydrogen-bond donors (Lipinski definition) is 1. The van der Waals surface area contributed by atoms with E-state index in [0.717, 1.165) is 22.9 Å². The first-order valence-corrected chi connectivity index (χ1v) is 6.36. The van der Waals surface area contributed by atoms with Gasteiger partial charge in [-0.1, -0.05) is 6.07 Å². The minimum absolute atomic E-state index is 0.607. The molecule has 4 heteroatoms. The average Bonchev–Trinajstić information content (AvgIpc) is 2.46. The highest BCUT2D eigenvalue weighted by Gasteiger charge is 2.11. The van der Waals surface area contributed by atoms with Crippen LogP contribution in [-0.4, -0.2) is 18.2 Å². The Hall–Kier alpha value is -2.23. The molecule has 0 saturated heterocycles. The van der Waals surface area contributed by atoms with E-state index in [1.165, 1.54) is 5.56 Å². The Balaban J connectivity index is 1.68. The predicted octanol–water partition coefficient (Wildman–Crippen LogP) is 2.77. The van der Waals surface area contributed by atoms with Crippen molar-refractivity contribution in [1.82, 2.24) is 4.98 Å². The zero-order valence-electron chi connectivity index (χ0n) is 10.8. The summed E-state index contributed by atoms with van der Waals surface area (Å²) in [6, 6.07) is 9.97. The van der Waals surface area contributed by atoms with Crippen molar-refractivity contribution in [2.24, 2.45) is 0 Å². The van der Waals surface area contributed by atoms with Gasteiger partial charge in [0.05, 0.1) is 12.2 Å². The molecule has 19 heavy (non-hydrogen) atoms. The average molecular weight is 256 g/mol. The second-order valence-corrected chi connectivity index (χ2v) is 4.54. The fourth-order valence-corrected chi connectivity index (χ4v) is 1.95. The van der Waals surface area contributed by atoms with Crippen LogP contribution in [0.4, 0.5) is 5.69 Å². The summed E-state index contributed by atoms with van der Waals surface area (Å²) in [5, 5.41) is 3.33. The number of hydrogen-bond acceptors (Lipinski definition) is 4. The van der Waals surface area contributed by atoms with Crippen LogP contribution >= 0.6 is 0 Å². The Bertz CT molecular complexity index is 567. The van der Waals surface area contributed by atoms with Crippen LogP contribution in [0.3, 0.4) is 0 Å². The molecule has 0 bridgehead atoms. The highest BCUT2D eigenvalue weighted by molar-refractivity contribution is 5.55. The molecular formula is C15H16N2O2. The zero-order chi connectivity index (χ0) is 13.1. The second kappa shape index (κ2) is 5.18. The topological polar surface area (TPSA) is 43.4 Å². The van der Waals surface area contributed by atoms with E-state index in [2.05, 4.69) is 16.4 Å². The van der Waals surface area contributed by atoms with E-state index >= 15 is 0 Å². The molecule has 98 valence electrons. The molecule has 1 aromatic heterocycles. The van der Waals surface area contributed by atoms with Gasteiger partial charge in [0, 0.05) is 18.0 Å². The van der Waals surface area contributed by atoms with Gasteiger partial charge < -0.3 is 14.8 Å². The Kier molecular flexibility index (Phi) is 3.23. The lowest BCUT2D eigenvalue weighted by atomic mass is 10.2. The van der Waals surface area contributed by atoms with Crippen molar-refractivity contribution in [3.05, 3.63) is 47.8 Å². The highest BCUT2D eigenvalue weighted by Crippen LogP contribution is 2.32. The van der Waals surface area contributed by atoms with Gasteiger partial charge in [-0.15, -0.1) is 0 Å². The first-order chi connectivity index (χ1) is 9.31. The molecule has 0 fully saturated rings. The van der Waals surface area contributed by atoms with E-state index < -0.39 is 0 Å². The first-order valence-electron chi connectivity index (χ1n) is 6.36. The molecule has 1 aliphatic heterocycles. The number of fused-ring (bicyclic) bond motifs is 1. The standard InChI is InChI=1S/C15H16N2O2/c1-11-2-3-13(16-9-11)10-17-12-4-5-14-15(8-12)19-7-6-18-14/h2-5,8-9,17H,6-7,10H2,1H3. The lowest BCUT2D eigenvalue weighted by Crippen LogP contribution is -2.15. The molecule has 0 saturated carbocycles. The van der Waals surface area contributed by atoms with Crippen molar-refractivity contribution in [1.29, 1.82) is 0 Å². The van der Waals surface area contributed by atoms with Gasteiger partial charge in [0.2, 0.25) is 0 Å². The molecule has 0 amide bonds. The summed E-state index contributed by atoms with van der Waals surface area (Å²) in [7, 11) is 0. The van der Waals surface area contributed by atoms with Crippen LogP contribution in [0.15, 0.2) is 36.5 Å². The summed E-state index contributed by atoms with van der Waals surface area (Å²) >= 11 is 0. The molecule has 2 heterocycles. The smallest absolute Gasteiger partial charge is 0.163 e. The molecule has 0 radical (unpaired) electrons. The summed E-state index contributed by atoms with van der Waals surface area (Å²) < 4.78 is 11.0. The maximum absolute atomic E-state index is 5.55. The number of nitrogens with zero attached hydrogens (tertiary/aromatic N) is 1. The molecule has 1 aromatic carbocycles. The SMILES string of the molecule is Cc1ccc(CNc2ccc3c(c2)OCCO3)nc1. The van der Waals surface area contributed by atoms with E-state index in [4.69, 9.17) is 9.47 Å². The van der Waals surface area contributed by atoms with E-state index in [1.54, 1.807) is 0 Å². The third-order valence-corrected chi connectivity index (χ3v) is 2.99. The van der Waals surface area contributed by atoms with Crippen LogP contribution < -0.4 is 14.8 Å². The molecule has 4 nitrogen and oxygen atoms in total. The van der Waals surface area contributed by atoms with Crippen LogP contribution in [0.2, 0.25) is 0 Å². The van der Waals surface area contributed by atoms with E-state index in [-0.39, 0.29) is 0 Å². The Labute approximate surface area is 112 Å². The van der Waals surface area contributed by atoms with Crippen LogP contribution in [0.25, 0.3) is 0 Å². The van der Waals surface area contributed by atoms with E-state index in [0.29, 0.717) is 19.8 Å². The third kappa shape index (κ3) is 2.78. The molecule has 0 aliphatic carbocycles. The summed E-state index contributed by atoms with van der Waals surface area (Å²) in [6.45, 7) is 3.95. The Morgan fingerprint density at radius 1 is 1.11 bits per heavy atom. The molecule has 0 spiro atoms. The number of benzene rings is 1. The van der Waals surface area contributed by atoms with Crippen molar-refractivity contribution in [3.63, 3.8) is 0 Å². The minimum Gasteiger partial charge on any atom is -0.486 e. The fourth-order valence-electron chi connectivity index (χ4n) is 1.95. The van der Waals surface area contributed by atoms with Gasteiger partial charge in [-0.25, -0.2) is 0 Å². The molecule has 0 atom stereocenters. The van der Waals surface area contributed by atoms with Crippen LogP contribution in [-0.2, 0) is 6.54 Å². The first kappa shape index (κ1) is 11.8. The number of aryl methyl sites for hydroxylation is 1. The quantitative estimate of drug-likeness (QED) is 0.917. The van der Waals surface area contributed by atoms with Crippen molar-refractivity contribution in [2.75, 3.05) is 18.5 Å².